The fraction of sp³-hybridized carbons (Fsp3) is 1.00. The highest BCUT2D eigenvalue weighted by atomic mass is 16.5. The lowest BCUT2D eigenvalue weighted by molar-refractivity contribution is -0.0805. The van der Waals surface area contributed by atoms with E-state index in [0.717, 1.165) is 6.42 Å². The molecule has 0 aliphatic rings. The molecular weight excluding hydrogens is 142 g/mol. The zero-order chi connectivity index (χ0) is 8.74. The van der Waals surface area contributed by atoms with E-state index in [1.165, 1.54) is 0 Å². The summed E-state index contributed by atoms with van der Waals surface area (Å²) in [6, 6.07) is 0. The van der Waals surface area contributed by atoms with Gasteiger partial charge in [0.25, 0.3) is 0 Å². The lowest BCUT2D eigenvalue weighted by Crippen LogP contribution is -2.44. The second-order valence-corrected chi connectivity index (χ2v) is 2.61. The summed E-state index contributed by atoms with van der Waals surface area (Å²) in [4.78, 5) is 0. The molecule has 1 atom stereocenters. The maximum atomic E-state index is 5.59. The lowest BCUT2D eigenvalue weighted by atomic mass is 10.0. The van der Waals surface area contributed by atoms with Crippen LogP contribution >= 0.6 is 0 Å². The van der Waals surface area contributed by atoms with E-state index in [1.807, 2.05) is 6.92 Å². The predicted octanol–water partition coefficient (Wildman–Crippen LogP) is 0.777. The van der Waals surface area contributed by atoms with Gasteiger partial charge in [-0.05, 0) is 13.3 Å². The highest BCUT2D eigenvalue weighted by Gasteiger charge is 2.26. The maximum absolute atomic E-state index is 5.59. The first-order valence-electron chi connectivity index (χ1n) is 4.07. The molecule has 0 heterocycles. The monoisotopic (exact) mass is 161 g/mol. The Kier molecular flexibility index (Phi) is 5.46. The van der Waals surface area contributed by atoms with E-state index < -0.39 is 0 Å². The average Bonchev–Trinajstić information content (AvgIpc) is 2.04. The van der Waals surface area contributed by atoms with Crippen molar-refractivity contribution < 1.29 is 9.47 Å². The molecule has 0 radical (unpaired) electrons. The van der Waals surface area contributed by atoms with Crippen molar-refractivity contribution in [3.8, 4) is 0 Å². The van der Waals surface area contributed by atoms with Gasteiger partial charge >= 0.3 is 0 Å². The van der Waals surface area contributed by atoms with Gasteiger partial charge < -0.3 is 15.2 Å². The molecule has 3 heteroatoms. The van der Waals surface area contributed by atoms with Gasteiger partial charge in [-0.1, -0.05) is 6.92 Å². The summed E-state index contributed by atoms with van der Waals surface area (Å²) < 4.78 is 10.6. The molecular formula is C8H19NO2. The molecule has 68 valence electrons. The van der Waals surface area contributed by atoms with Crippen molar-refractivity contribution in [3.63, 3.8) is 0 Å². The van der Waals surface area contributed by atoms with Crippen molar-refractivity contribution in [3.05, 3.63) is 0 Å². The summed E-state index contributed by atoms with van der Waals surface area (Å²) in [7, 11) is 1.67. The van der Waals surface area contributed by atoms with Gasteiger partial charge in [-0.2, -0.15) is 0 Å². The van der Waals surface area contributed by atoms with Crippen LogP contribution in [0, 0.1) is 0 Å². The Morgan fingerprint density at radius 1 is 1.36 bits per heavy atom. The third kappa shape index (κ3) is 3.18. The van der Waals surface area contributed by atoms with Crippen molar-refractivity contribution in [1.82, 2.24) is 0 Å². The van der Waals surface area contributed by atoms with Gasteiger partial charge in [0, 0.05) is 20.3 Å². The molecule has 0 aliphatic carbocycles. The van der Waals surface area contributed by atoms with Crippen LogP contribution in [0.2, 0.25) is 0 Å². The second-order valence-electron chi connectivity index (χ2n) is 2.61. The molecule has 0 rings (SSSR count). The Bertz CT molecular complexity index is 84.1. The minimum absolute atomic E-state index is 0.260. The van der Waals surface area contributed by atoms with Gasteiger partial charge in [0.05, 0.1) is 6.61 Å². The van der Waals surface area contributed by atoms with E-state index in [-0.39, 0.29) is 5.60 Å². The van der Waals surface area contributed by atoms with Gasteiger partial charge in [0.1, 0.15) is 5.60 Å². The number of ether oxygens (including phenoxy) is 2. The number of rotatable bonds is 6. The molecule has 0 aromatic heterocycles. The van der Waals surface area contributed by atoms with Crippen LogP contribution in [0.5, 0.6) is 0 Å². The molecule has 0 spiro atoms. The minimum Gasteiger partial charge on any atom is -0.382 e. The molecule has 0 amide bonds. The van der Waals surface area contributed by atoms with E-state index in [9.17, 15) is 0 Å². The van der Waals surface area contributed by atoms with Gasteiger partial charge in [-0.15, -0.1) is 0 Å². The van der Waals surface area contributed by atoms with E-state index in [1.54, 1.807) is 7.11 Å². The molecule has 3 nitrogen and oxygen atoms in total. The van der Waals surface area contributed by atoms with E-state index in [2.05, 4.69) is 6.92 Å². The Balaban J connectivity index is 3.96. The number of hydrogen-bond donors (Lipinski definition) is 1. The van der Waals surface area contributed by atoms with Crippen molar-refractivity contribution in [2.75, 3.05) is 26.9 Å². The largest absolute Gasteiger partial charge is 0.382 e. The van der Waals surface area contributed by atoms with E-state index in [4.69, 9.17) is 15.2 Å². The summed E-state index contributed by atoms with van der Waals surface area (Å²) in [6.45, 7) is 5.81. The first kappa shape index (κ1) is 10.9. The van der Waals surface area contributed by atoms with Gasteiger partial charge in [-0.25, -0.2) is 0 Å². The van der Waals surface area contributed by atoms with Crippen molar-refractivity contribution in [2.24, 2.45) is 5.73 Å². The fourth-order valence-corrected chi connectivity index (χ4v) is 1.08. The molecule has 11 heavy (non-hydrogen) atoms. The molecule has 0 aliphatic heterocycles. The summed E-state index contributed by atoms with van der Waals surface area (Å²) in [5.41, 5.74) is 5.32. The summed E-state index contributed by atoms with van der Waals surface area (Å²) in [5, 5.41) is 0. The SMILES string of the molecule is CCOC(CC)(CN)COC. The molecule has 0 aromatic rings. The zero-order valence-electron chi connectivity index (χ0n) is 7.72. The summed E-state index contributed by atoms with van der Waals surface area (Å²) in [6.07, 6.45) is 0.894. The molecule has 1 unspecified atom stereocenters. The normalized spacial score (nSPS) is 16.4. The summed E-state index contributed by atoms with van der Waals surface area (Å²) >= 11 is 0. The topological polar surface area (TPSA) is 44.5 Å². The quantitative estimate of drug-likeness (QED) is 0.626. The predicted molar refractivity (Wildman–Crippen MR) is 45.6 cm³/mol. The molecule has 0 aromatic carbocycles. The zero-order valence-corrected chi connectivity index (χ0v) is 7.72. The molecule has 2 N–H and O–H groups in total. The minimum atomic E-state index is -0.260. The van der Waals surface area contributed by atoms with Crippen molar-refractivity contribution in [2.45, 2.75) is 25.9 Å². The van der Waals surface area contributed by atoms with Crippen LogP contribution in [0.15, 0.2) is 0 Å². The lowest BCUT2D eigenvalue weighted by Gasteiger charge is -2.30. The van der Waals surface area contributed by atoms with Crippen LogP contribution in [0.4, 0.5) is 0 Å². The Morgan fingerprint density at radius 3 is 2.27 bits per heavy atom. The number of methoxy groups -OCH3 is 1. The fourth-order valence-electron chi connectivity index (χ4n) is 1.08. The Morgan fingerprint density at radius 2 is 2.00 bits per heavy atom. The smallest absolute Gasteiger partial charge is 0.103 e. The first-order valence-corrected chi connectivity index (χ1v) is 4.07. The van der Waals surface area contributed by atoms with E-state index in [0.29, 0.717) is 19.8 Å². The standard InChI is InChI=1S/C8H19NO2/c1-4-8(6-9,7-10-3)11-5-2/h4-7,9H2,1-3H3. The number of hydrogen-bond acceptors (Lipinski definition) is 3. The van der Waals surface area contributed by atoms with Crippen LogP contribution in [0.3, 0.4) is 0 Å². The molecule has 0 fully saturated rings. The van der Waals surface area contributed by atoms with Crippen LogP contribution in [-0.4, -0.2) is 32.5 Å². The Labute approximate surface area is 68.9 Å². The van der Waals surface area contributed by atoms with Crippen LogP contribution in [0.25, 0.3) is 0 Å². The van der Waals surface area contributed by atoms with Crippen LogP contribution in [0.1, 0.15) is 20.3 Å². The van der Waals surface area contributed by atoms with Gasteiger partial charge in [-0.3, -0.25) is 0 Å². The van der Waals surface area contributed by atoms with Crippen LogP contribution < -0.4 is 5.73 Å². The maximum Gasteiger partial charge on any atom is 0.103 e. The molecule has 0 saturated heterocycles. The van der Waals surface area contributed by atoms with Crippen molar-refractivity contribution in [1.29, 1.82) is 0 Å². The second kappa shape index (κ2) is 5.52. The van der Waals surface area contributed by atoms with E-state index >= 15 is 0 Å². The first-order chi connectivity index (χ1) is 5.24. The van der Waals surface area contributed by atoms with Gasteiger partial charge in [0.2, 0.25) is 0 Å². The molecule has 0 saturated carbocycles. The number of nitrogens with two attached hydrogens (primary N) is 1. The third-order valence-corrected chi connectivity index (χ3v) is 1.87. The highest BCUT2D eigenvalue weighted by Crippen LogP contribution is 2.14. The average molecular weight is 161 g/mol. The van der Waals surface area contributed by atoms with Crippen molar-refractivity contribution >= 4 is 0 Å². The van der Waals surface area contributed by atoms with Gasteiger partial charge in [0.15, 0.2) is 0 Å². The third-order valence-electron chi connectivity index (χ3n) is 1.87. The summed E-state index contributed by atoms with van der Waals surface area (Å²) in [5.74, 6) is 0. The Hall–Kier alpha value is -0.120. The highest BCUT2D eigenvalue weighted by molar-refractivity contribution is 4.79. The molecule has 0 bridgehead atoms. The van der Waals surface area contributed by atoms with Crippen LogP contribution in [-0.2, 0) is 9.47 Å².